The second-order valence-corrected chi connectivity index (χ2v) is 9.84. The van der Waals surface area contributed by atoms with Crippen molar-refractivity contribution < 1.29 is 28.3 Å². The summed E-state index contributed by atoms with van der Waals surface area (Å²) in [6.07, 6.45) is 5.44. The molecule has 6 rings (SSSR count). The summed E-state index contributed by atoms with van der Waals surface area (Å²) in [6.45, 7) is 0.104. The second-order valence-electron chi connectivity index (χ2n) is 9.84. The number of anilines is 2. The zero-order chi connectivity index (χ0) is 29.2. The molecule has 3 aromatic heterocycles. The van der Waals surface area contributed by atoms with E-state index in [1.54, 1.807) is 25.3 Å². The number of carbonyl (C=O) groups excluding carboxylic acids is 2. The average molecular weight is 575 g/mol. The number of aromatic amines is 1. The topological polar surface area (TPSA) is 170 Å². The van der Waals surface area contributed by atoms with Crippen LogP contribution in [0.15, 0.2) is 29.0 Å². The molecule has 4 aromatic rings. The smallest absolute Gasteiger partial charge is 0.272 e. The number of H-pyrrole nitrogens is 1. The molecule has 0 saturated heterocycles. The predicted octanol–water partition coefficient (Wildman–Crippen LogP) is 2.65. The molecule has 14 nitrogen and oxygen atoms in total. The SMILES string of the molecule is COc1cc(OC)c(CN2C(=O)CNc3c(C(=O)NCc4cc(-c5nc6c([nH]5)CCCC6)no4)ncnc32)c(OC)c1. The van der Waals surface area contributed by atoms with Gasteiger partial charge >= 0.3 is 0 Å². The van der Waals surface area contributed by atoms with E-state index in [1.807, 2.05) is 0 Å². The summed E-state index contributed by atoms with van der Waals surface area (Å²) in [5.41, 5.74) is 3.83. The van der Waals surface area contributed by atoms with E-state index < -0.39 is 5.91 Å². The van der Waals surface area contributed by atoms with Gasteiger partial charge in [0.1, 0.15) is 35.0 Å². The number of aromatic nitrogens is 5. The van der Waals surface area contributed by atoms with E-state index in [2.05, 4.69) is 35.7 Å². The molecule has 0 radical (unpaired) electrons. The number of carbonyl (C=O) groups is 2. The number of hydrogen-bond acceptors (Lipinski definition) is 11. The molecular formula is C28H30N8O6. The first kappa shape index (κ1) is 27.1. The van der Waals surface area contributed by atoms with Crippen LogP contribution in [0.25, 0.3) is 11.5 Å². The highest BCUT2D eigenvalue weighted by atomic mass is 16.5. The van der Waals surface area contributed by atoms with Gasteiger partial charge in [-0.2, -0.15) is 0 Å². The Balaban J connectivity index is 1.20. The Morgan fingerprint density at radius 3 is 2.60 bits per heavy atom. The van der Waals surface area contributed by atoms with Crippen molar-refractivity contribution in [3.8, 4) is 28.8 Å². The molecule has 0 atom stereocenters. The Labute approximate surface area is 240 Å². The number of amides is 2. The van der Waals surface area contributed by atoms with Crippen LogP contribution in [0, 0.1) is 0 Å². The normalized spacial score (nSPS) is 14.1. The van der Waals surface area contributed by atoms with E-state index in [1.165, 1.54) is 25.4 Å². The molecule has 1 aromatic carbocycles. The highest BCUT2D eigenvalue weighted by Gasteiger charge is 2.31. The van der Waals surface area contributed by atoms with Crippen molar-refractivity contribution in [1.82, 2.24) is 30.4 Å². The molecule has 0 saturated carbocycles. The summed E-state index contributed by atoms with van der Waals surface area (Å²) in [7, 11) is 4.59. The largest absolute Gasteiger partial charge is 0.496 e. The highest BCUT2D eigenvalue weighted by molar-refractivity contribution is 6.07. The molecule has 3 N–H and O–H groups in total. The van der Waals surface area contributed by atoms with Crippen LogP contribution in [0.3, 0.4) is 0 Å². The molecule has 1 aliphatic carbocycles. The number of imidazole rings is 1. The van der Waals surface area contributed by atoms with Gasteiger partial charge in [0.25, 0.3) is 5.91 Å². The number of nitrogens with zero attached hydrogens (tertiary/aromatic N) is 5. The van der Waals surface area contributed by atoms with Crippen molar-refractivity contribution in [1.29, 1.82) is 0 Å². The van der Waals surface area contributed by atoms with Gasteiger partial charge in [0, 0.05) is 23.9 Å². The van der Waals surface area contributed by atoms with Crippen molar-refractivity contribution >= 4 is 23.3 Å². The van der Waals surface area contributed by atoms with Crippen LogP contribution in [0.2, 0.25) is 0 Å². The lowest BCUT2D eigenvalue weighted by Gasteiger charge is -2.30. The minimum atomic E-state index is -0.471. The highest BCUT2D eigenvalue weighted by Crippen LogP contribution is 2.38. The summed E-state index contributed by atoms with van der Waals surface area (Å²) < 4.78 is 21.9. The van der Waals surface area contributed by atoms with Gasteiger partial charge < -0.3 is 34.4 Å². The number of rotatable bonds is 9. The standard InChI is InChI=1S/C28H30N8O6/c1-39-15-9-21(40-2)17(22(10-15)41-3)13-36-23(37)12-29-24-25(31-14-32-27(24)36)28(38)30-11-16-8-20(35-42-16)26-33-18-6-4-5-7-19(18)34-26/h8-10,14,29H,4-7,11-13H2,1-3H3,(H,30,38)(H,33,34). The minimum Gasteiger partial charge on any atom is -0.496 e. The lowest BCUT2D eigenvalue weighted by atomic mass is 10.0. The van der Waals surface area contributed by atoms with Gasteiger partial charge in [-0.1, -0.05) is 5.16 Å². The summed E-state index contributed by atoms with van der Waals surface area (Å²) in [5, 5.41) is 9.92. The van der Waals surface area contributed by atoms with Crippen LogP contribution < -0.4 is 29.7 Å². The number of methoxy groups -OCH3 is 3. The fourth-order valence-electron chi connectivity index (χ4n) is 5.18. The van der Waals surface area contributed by atoms with E-state index >= 15 is 0 Å². The summed E-state index contributed by atoms with van der Waals surface area (Å²) in [4.78, 5) is 44.2. The number of nitrogens with one attached hydrogen (secondary N) is 3. The van der Waals surface area contributed by atoms with Crippen molar-refractivity contribution in [3.05, 3.63) is 52.9 Å². The Kier molecular flexibility index (Phi) is 7.33. The van der Waals surface area contributed by atoms with Crippen molar-refractivity contribution in [3.63, 3.8) is 0 Å². The Morgan fingerprint density at radius 2 is 1.86 bits per heavy atom. The first-order valence-electron chi connectivity index (χ1n) is 13.5. The first-order valence-corrected chi connectivity index (χ1v) is 13.5. The van der Waals surface area contributed by atoms with Crippen molar-refractivity contribution in [2.45, 2.75) is 38.8 Å². The van der Waals surface area contributed by atoms with E-state index in [0.717, 1.165) is 37.1 Å². The van der Waals surface area contributed by atoms with Gasteiger partial charge in [-0.15, -0.1) is 0 Å². The third-order valence-electron chi connectivity index (χ3n) is 7.33. The molecule has 2 aliphatic rings. The monoisotopic (exact) mass is 574 g/mol. The molecule has 42 heavy (non-hydrogen) atoms. The Morgan fingerprint density at radius 1 is 1.07 bits per heavy atom. The molecule has 0 bridgehead atoms. The number of benzene rings is 1. The molecule has 14 heteroatoms. The number of hydrogen-bond donors (Lipinski definition) is 3. The molecule has 0 fully saturated rings. The number of fused-ring (bicyclic) bond motifs is 2. The summed E-state index contributed by atoms with van der Waals surface area (Å²) in [5.74, 6) is 2.16. The van der Waals surface area contributed by atoms with Crippen molar-refractivity contribution in [2.24, 2.45) is 0 Å². The zero-order valence-corrected chi connectivity index (χ0v) is 23.4. The quantitative estimate of drug-likeness (QED) is 0.269. The van der Waals surface area contributed by atoms with Crippen LogP contribution >= 0.6 is 0 Å². The third kappa shape index (κ3) is 5.06. The number of ether oxygens (including phenoxy) is 3. The van der Waals surface area contributed by atoms with E-state index in [9.17, 15) is 9.59 Å². The minimum absolute atomic E-state index is 0.0555. The fourth-order valence-corrected chi connectivity index (χ4v) is 5.18. The molecule has 2 amide bonds. The summed E-state index contributed by atoms with van der Waals surface area (Å²) in [6, 6.07) is 5.16. The van der Waals surface area contributed by atoms with Crippen LogP contribution in [0.5, 0.6) is 17.2 Å². The molecule has 4 heterocycles. The van der Waals surface area contributed by atoms with Crippen LogP contribution in [0.4, 0.5) is 11.5 Å². The van der Waals surface area contributed by atoms with Crippen LogP contribution in [-0.4, -0.2) is 64.8 Å². The van der Waals surface area contributed by atoms with Gasteiger partial charge in [0.05, 0.1) is 52.2 Å². The third-order valence-corrected chi connectivity index (χ3v) is 7.33. The van der Waals surface area contributed by atoms with E-state index in [4.69, 9.17) is 18.7 Å². The molecular weight excluding hydrogens is 544 g/mol. The second kappa shape index (κ2) is 11.4. The Bertz CT molecular complexity index is 1600. The lowest BCUT2D eigenvalue weighted by molar-refractivity contribution is -0.117. The van der Waals surface area contributed by atoms with Gasteiger partial charge in [-0.25, -0.2) is 15.0 Å². The number of aryl methyl sites for hydroxylation is 2. The first-order chi connectivity index (χ1) is 20.5. The molecule has 1 aliphatic heterocycles. The van der Waals surface area contributed by atoms with Crippen LogP contribution in [0.1, 0.15) is 46.0 Å². The predicted molar refractivity (Wildman–Crippen MR) is 150 cm³/mol. The zero-order valence-electron chi connectivity index (χ0n) is 23.4. The van der Waals surface area contributed by atoms with Crippen molar-refractivity contribution in [2.75, 3.05) is 38.1 Å². The van der Waals surface area contributed by atoms with Gasteiger partial charge in [-0.05, 0) is 25.7 Å². The average Bonchev–Trinajstić information content (AvgIpc) is 3.68. The summed E-state index contributed by atoms with van der Waals surface area (Å²) >= 11 is 0. The Hall–Kier alpha value is -5.14. The fraction of sp³-hybridized carbons (Fsp3) is 0.357. The van der Waals surface area contributed by atoms with E-state index in [-0.39, 0.29) is 37.1 Å². The maximum Gasteiger partial charge on any atom is 0.272 e. The molecule has 218 valence electrons. The van der Waals surface area contributed by atoms with Gasteiger partial charge in [-0.3, -0.25) is 14.5 Å². The lowest BCUT2D eigenvalue weighted by Crippen LogP contribution is -2.41. The maximum atomic E-state index is 13.2. The maximum absolute atomic E-state index is 13.2. The van der Waals surface area contributed by atoms with Gasteiger partial charge in [0.15, 0.2) is 23.1 Å². The molecule has 0 spiro atoms. The van der Waals surface area contributed by atoms with Crippen LogP contribution in [-0.2, 0) is 30.7 Å². The van der Waals surface area contributed by atoms with E-state index in [0.29, 0.717) is 45.8 Å². The molecule has 0 unspecified atom stereocenters. The van der Waals surface area contributed by atoms with Gasteiger partial charge in [0.2, 0.25) is 5.91 Å².